The van der Waals surface area contributed by atoms with Crippen molar-refractivity contribution in [1.82, 2.24) is 9.88 Å². The lowest BCUT2D eigenvalue weighted by atomic mass is 10.2. The van der Waals surface area contributed by atoms with Crippen LogP contribution in [0, 0.1) is 6.92 Å². The first kappa shape index (κ1) is 19.4. The number of amidine groups is 1. The van der Waals surface area contributed by atoms with Gasteiger partial charge in [0.15, 0.2) is 5.17 Å². The molecule has 2 aliphatic heterocycles. The Bertz CT molecular complexity index is 908. The number of rotatable bonds is 4. The highest BCUT2D eigenvalue weighted by atomic mass is 32.2. The highest BCUT2D eigenvalue weighted by molar-refractivity contribution is 8.14. The molecule has 2 aliphatic rings. The summed E-state index contributed by atoms with van der Waals surface area (Å²) in [5, 5.41) is 0.597. The number of anilines is 2. The Morgan fingerprint density at radius 2 is 1.83 bits per heavy atom. The number of benzene rings is 1. The van der Waals surface area contributed by atoms with E-state index in [1.165, 1.54) is 11.8 Å². The molecule has 0 N–H and O–H groups in total. The van der Waals surface area contributed by atoms with E-state index in [9.17, 15) is 9.59 Å². The van der Waals surface area contributed by atoms with Gasteiger partial charge in [0.1, 0.15) is 12.4 Å². The summed E-state index contributed by atoms with van der Waals surface area (Å²) in [5.41, 5.74) is 1.92. The zero-order valence-electron chi connectivity index (χ0n) is 16.3. The number of aliphatic imine (C=N–C) groups is 1. The van der Waals surface area contributed by atoms with E-state index in [1.807, 2.05) is 54.3 Å². The van der Waals surface area contributed by atoms with E-state index in [4.69, 9.17) is 0 Å². The second kappa shape index (κ2) is 8.65. The molecule has 4 rings (SSSR count). The topological polar surface area (TPSA) is 69.1 Å². The number of amides is 2. The summed E-state index contributed by atoms with van der Waals surface area (Å²) in [4.78, 5) is 39.3. The van der Waals surface area contributed by atoms with Gasteiger partial charge in [-0.25, -0.2) is 4.98 Å². The van der Waals surface area contributed by atoms with Crippen LogP contribution in [0.4, 0.5) is 11.5 Å². The Labute approximate surface area is 174 Å². The average Bonchev–Trinajstić information content (AvgIpc) is 3.13. The van der Waals surface area contributed by atoms with E-state index in [0.717, 1.165) is 30.2 Å². The number of hydrogen-bond acceptors (Lipinski definition) is 6. The van der Waals surface area contributed by atoms with Gasteiger partial charge in [0, 0.05) is 32.4 Å². The molecule has 0 atom stereocenters. The van der Waals surface area contributed by atoms with Crippen molar-refractivity contribution < 1.29 is 9.59 Å². The van der Waals surface area contributed by atoms with Crippen LogP contribution in [0.1, 0.15) is 5.56 Å². The monoisotopic (exact) mass is 409 g/mol. The summed E-state index contributed by atoms with van der Waals surface area (Å²) in [6.45, 7) is 5.01. The van der Waals surface area contributed by atoms with Gasteiger partial charge in [0.2, 0.25) is 5.91 Å². The molecule has 0 bridgehead atoms. The van der Waals surface area contributed by atoms with Crippen LogP contribution in [0.25, 0.3) is 0 Å². The molecule has 150 valence electrons. The predicted molar refractivity (Wildman–Crippen MR) is 116 cm³/mol. The van der Waals surface area contributed by atoms with Gasteiger partial charge in [-0.2, -0.15) is 0 Å². The molecular weight excluding hydrogens is 386 g/mol. The lowest BCUT2D eigenvalue weighted by Crippen LogP contribution is -2.49. The van der Waals surface area contributed by atoms with E-state index in [2.05, 4.69) is 14.9 Å². The Hall–Kier alpha value is -2.87. The van der Waals surface area contributed by atoms with Crippen molar-refractivity contribution in [3.63, 3.8) is 0 Å². The van der Waals surface area contributed by atoms with Crippen molar-refractivity contribution in [3.8, 4) is 0 Å². The maximum Gasteiger partial charge on any atom is 0.254 e. The molecular formula is C21H23N5O2S. The molecule has 1 aromatic carbocycles. The fourth-order valence-corrected chi connectivity index (χ4v) is 4.31. The molecule has 29 heavy (non-hydrogen) atoms. The number of carbonyl (C=O) groups is 2. The number of aromatic nitrogens is 1. The van der Waals surface area contributed by atoms with Crippen molar-refractivity contribution in [3.05, 3.63) is 54.2 Å². The minimum absolute atomic E-state index is 0.0622. The highest BCUT2D eigenvalue weighted by Crippen LogP contribution is 2.24. The molecule has 2 amide bonds. The van der Waals surface area contributed by atoms with Gasteiger partial charge in [0.05, 0.1) is 11.4 Å². The summed E-state index contributed by atoms with van der Waals surface area (Å²) in [7, 11) is 0. The molecule has 2 aromatic rings. The fraction of sp³-hybridized carbons (Fsp3) is 0.333. The maximum atomic E-state index is 12.7. The van der Waals surface area contributed by atoms with Crippen LogP contribution >= 0.6 is 11.8 Å². The smallest absolute Gasteiger partial charge is 0.254 e. The molecule has 3 heterocycles. The number of carbonyl (C=O) groups excluding carboxylic acids is 2. The van der Waals surface area contributed by atoms with E-state index >= 15 is 0 Å². The number of aryl methyl sites for hydroxylation is 1. The van der Waals surface area contributed by atoms with Crippen LogP contribution in [0.5, 0.6) is 0 Å². The van der Waals surface area contributed by atoms with Crippen molar-refractivity contribution in [2.75, 3.05) is 48.3 Å². The summed E-state index contributed by atoms with van der Waals surface area (Å²) in [5.74, 6) is 1.23. The summed E-state index contributed by atoms with van der Waals surface area (Å²) < 4.78 is 0. The normalized spacial score (nSPS) is 16.9. The minimum Gasteiger partial charge on any atom is -0.353 e. The third kappa shape index (κ3) is 4.42. The lowest BCUT2D eigenvalue weighted by molar-refractivity contribution is -0.128. The Kier molecular flexibility index (Phi) is 5.80. The molecule has 1 saturated heterocycles. The number of nitrogens with zero attached hydrogens (tertiary/aromatic N) is 5. The van der Waals surface area contributed by atoms with Gasteiger partial charge in [-0.15, -0.1) is 0 Å². The molecule has 8 heteroatoms. The SMILES string of the molecule is Cc1ccc(N2C(=O)CN=C2SCC(=O)N2CCN(c3ccccn3)CC2)cc1. The number of thioether (sulfide) groups is 1. The third-order valence-corrected chi connectivity index (χ3v) is 5.97. The molecule has 1 fully saturated rings. The molecule has 0 radical (unpaired) electrons. The molecule has 0 aliphatic carbocycles. The first-order valence-electron chi connectivity index (χ1n) is 9.62. The summed E-state index contributed by atoms with van der Waals surface area (Å²) >= 11 is 1.33. The van der Waals surface area contributed by atoms with Crippen molar-refractivity contribution in [1.29, 1.82) is 0 Å². The molecule has 0 unspecified atom stereocenters. The quantitative estimate of drug-likeness (QED) is 0.774. The van der Waals surface area contributed by atoms with Gasteiger partial charge in [-0.05, 0) is 31.2 Å². The first-order valence-corrected chi connectivity index (χ1v) is 10.6. The van der Waals surface area contributed by atoms with E-state index in [1.54, 1.807) is 11.1 Å². The van der Waals surface area contributed by atoms with Gasteiger partial charge >= 0.3 is 0 Å². The fourth-order valence-electron chi connectivity index (χ4n) is 3.39. The van der Waals surface area contributed by atoms with Crippen LogP contribution in [-0.2, 0) is 9.59 Å². The number of piperazine rings is 1. The first-order chi connectivity index (χ1) is 14.1. The lowest BCUT2D eigenvalue weighted by Gasteiger charge is -2.35. The summed E-state index contributed by atoms with van der Waals surface area (Å²) in [6.07, 6.45) is 1.78. The zero-order valence-corrected chi connectivity index (χ0v) is 17.1. The molecule has 0 saturated carbocycles. The van der Waals surface area contributed by atoms with Gasteiger partial charge in [-0.1, -0.05) is 35.5 Å². The van der Waals surface area contributed by atoms with Crippen LogP contribution in [0.2, 0.25) is 0 Å². The van der Waals surface area contributed by atoms with Crippen molar-refractivity contribution in [2.24, 2.45) is 4.99 Å². The van der Waals surface area contributed by atoms with E-state index in [-0.39, 0.29) is 24.1 Å². The van der Waals surface area contributed by atoms with Gasteiger partial charge in [0.25, 0.3) is 5.91 Å². The highest BCUT2D eigenvalue weighted by Gasteiger charge is 2.29. The largest absolute Gasteiger partial charge is 0.353 e. The van der Waals surface area contributed by atoms with Gasteiger partial charge < -0.3 is 9.80 Å². The Morgan fingerprint density at radius 1 is 1.07 bits per heavy atom. The predicted octanol–water partition coefficient (Wildman–Crippen LogP) is 2.17. The molecule has 7 nitrogen and oxygen atoms in total. The molecule has 1 aromatic heterocycles. The Balaban J connectivity index is 1.31. The second-order valence-electron chi connectivity index (χ2n) is 7.01. The van der Waals surface area contributed by atoms with Crippen LogP contribution < -0.4 is 9.80 Å². The van der Waals surface area contributed by atoms with Gasteiger partial charge in [-0.3, -0.25) is 19.5 Å². The third-order valence-electron chi connectivity index (χ3n) is 5.01. The van der Waals surface area contributed by atoms with Crippen molar-refractivity contribution >= 4 is 40.2 Å². The number of hydrogen-bond donors (Lipinski definition) is 0. The van der Waals surface area contributed by atoms with E-state index < -0.39 is 0 Å². The van der Waals surface area contributed by atoms with Crippen LogP contribution in [0.3, 0.4) is 0 Å². The number of pyridine rings is 1. The second-order valence-corrected chi connectivity index (χ2v) is 7.95. The van der Waals surface area contributed by atoms with Crippen LogP contribution in [0.15, 0.2) is 53.7 Å². The zero-order chi connectivity index (χ0) is 20.2. The maximum absolute atomic E-state index is 12.7. The standard InChI is InChI=1S/C21H23N5O2S/c1-16-5-7-17(8-6-16)26-19(27)14-23-21(26)29-15-20(28)25-12-10-24(11-13-25)18-4-2-3-9-22-18/h2-9H,10-15H2,1H3. The van der Waals surface area contributed by atoms with E-state index in [0.29, 0.717) is 18.3 Å². The van der Waals surface area contributed by atoms with Crippen molar-refractivity contribution in [2.45, 2.75) is 6.92 Å². The summed E-state index contributed by atoms with van der Waals surface area (Å²) in [6, 6.07) is 13.6. The van der Waals surface area contributed by atoms with Crippen LogP contribution in [-0.4, -0.2) is 65.3 Å². The molecule has 0 spiro atoms. The average molecular weight is 410 g/mol. The minimum atomic E-state index is -0.0622. The Morgan fingerprint density at radius 3 is 2.52 bits per heavy atom.